The van der Waals surface area contributed by atoms with E-state index < -0.39 is 35.6 Å². The number of hydrogen-bond acceptors (Lipinski definition) is 6. The molecule has 9 heteroatoms. The monoisotopic (exact) mass is 628 g/mol. The van der Waals surface area contributed by atoms with E-state index in [2.05, 4.69) is 31.9 Å². The smallest absolute Gasteiger partial charge is 0.253 e. The third-order valence-electron chi connectivity index (χ3n) is 10.1. The Kier molecular flexibility index (Phi) is 10.0. The van der Waals surface area contributed by atoms with Crippen molar-refractivity contribution in [2.75, 3.05) is 47.5 Å². The molecule has 9 nitrogen and oxygen atoms in total. The lowest BCUT2D eigenvalue weighted by Gasteiger charge is -2.40. The van der Waals surface area contributed by atoms with Gasteiger partial charge in [0.15, 0.2) is 0 Å². The number of carbonyl (C=O) groups excluding carboxylic acids is 3. The topological polar surface area (TPSA) is 93.6 Å². The minimum atomic E-state index is -1.20. The average Bonchev–Trinajstić information content (AvgIpc) is 3.71. The van der Waals surface area contributed by atoms with Gasteiger partial charge in [-0.2, -0.15) is 0 Å². The molecule has 3 heterocycles. The predicted molar refractivity (Wildman–Crippen MR) is 182 cm³/mol. The van der Waals surface area contributed by atoms with Gasteiger partial charge in [0.25, 0.3) is 5.91 Å². The molecule has 246 valence electrons. The summed E-state index contributed by atoms with van der Waals surface area (Å²) in [6.07, 6.45) is 3.87. The van der Waals surface area contributed by atoms with Crippen molar-refractivity contribution in [3.8, 4) is 0 Å². The lowest BCUT2D eigenvalue weighted by Crippen LogP contribution is -2.59. The summed E-state index contributed by atoms with van der Waals surface area (Å²) in [6.45, 7) is 17.7. The van der Waals surface area contributed by atoms with Crippen LogP contribution in [-0.4, -0.2) is 84.3 Å². The van der Waals surface area contributed by atoms with Crippen molar-refractivity contribution in [1.82, 2.24) is 4.90 Å². The van der Waals surface area contributed by atoms with Crippen molar-refractivity contribution in [3.63, 3.8) is 0 Å². The van der Waals surface area contributed by atoms with Crippen molar-refractivity contribution >= 4 is 34.8 Å². The van der Waals surface area contributed by atoms with Crippen LogP contribution in [0.1, 0.15) is 40.5 Å². The molecule has 6 atom stereocenters. The first-order valence-electron chi connectivity index (χ1n) is 16.5. The number of likely N-dealkylation sites (tertiary alicyclic amines) is 1. The molecule has 1 N–H and O–H groups in total. The van der Waals surface area contributed by atoms with E-state index in [0.29, 0.717) is 24.2 Å². The zero-order valence-corrected chi connectivity index (χ0v) is 27.5. The fourth-order valence-corrected chi connectivity index (χ4v) is 7.90. The highest BCUT2D eigenvalue weighted by Crippen LogP contribution is 2.59. The number of amides is 3. The highest BCUT2D eigenvalue weighted by Gasteiger charge is 2.75. The van der Waals surface area contributed by atoms with Crippen molar-refractivity contribution in [2.45, 2.75) is 64.3 Å². The van der Waals surface area contributed by atoms with Gasteiger partial charge in [-0.25, -0.2) is 0 Å². The van der Waals surface area contributed by atoms with Crippen LogP contribution in [0.4, 0.5) is 17.1 Å². The summed E-state index contributed by atoms with van der Waals surface area (Å²) in [4.78, 5) is 51.1. The second kappa shape index (κ2) is 13.8. The molecule has 46 heavy (non-hydrogen) atoms. The average molecular weight is 629 g/mol. The first-order valence-corrected chi connectivity index (χ1v) is 16.5. The first kappa shape index (κ1) is 33.4. The first-order chi connectivity index (χ1) is 22.2. The third-order valence-corrected chi connectivity index (χ3v) is 10.1. The lowest BCUT2D eigenvalue weighted by molar-refractivity contribution is -0.145. The van der Waals surface area contributed by atoms with Gasteiger partial charge in [0.2, 0.25) is 11.8 Å². The number of nitrogens with zero attached hydrogens (tertiary/aromatic N) is 4. The molecule has 3 fully saturated rings. The highest BCUT2D eigenvalue weighted by atomic mass is 16.5. The standard InChI is InChI=1S/C37H48N4O5/c1-7-22-39(27-14-12-11-13-15-27)34(43)31-30-20-21-37(46-30)32(31)35(44)41(29(24-42)25(5)6)33(37)36(45)40(23-8-2)28-18-16-26(17-19-28)38(9-3)10-4/h7-8,11-19,25,29-33,42H,1-2,9-10,20-24H2,3-6H3/t29-,30+,31-,32-,33?,37?/m0/s1. The quantitative estimate of drug-likeness (QED) is 0.306. The van der Waals surface area contributed by atoms with E-state index in [1.54, 1.807) is 26.9 Å². The predicted octanol–water partition coefficient (Wildman–Crippen LogP) is 4.66. The van der Waals surface area contributed by atoms with Crippen molar-refractivity contribution in [1.29, 1.82) is 0 Å². The van der Waals surface area contributed by atoms with E-state index in [1.165, 1.54) is 0 Å². The molecule has 1 spiro atoms. The van der Waals surface area contributed by atoms with E-state index in [9.17, 15) is 19.5 Å². The van der Waals surface area contributed by atoms with Crippen LogP contribution in [0.25, 0.3) is 0 Å². The molecular weight excluding hydrogens is 580 g/mol. The number of fused-ring (bicyclic) bond motifs is 1. The Hall–Kier alpha value is -3.95. The summed E-state index contributed by atoms with van der Waals surface area (Å²) >= 11 is 0. The van der Waals surface area contributed by atoms with Gasteiger partial charge in [-0.05, 0) is 69.0 Å². The van der Waals surface area contributed by atoms with Crippen LogP contribution in [0, 0.1) is 17.8 Å². The fraction of sp³-hybridized carbons (Fsp3) is 0.486. The maximum Gasteiger partial charge on any atom is 0.253 e. The minimum absolute atomic E-state index is 0.145. The van der Waals surface area contributed by atoms with Gasteiger partial charge in [0, 0.05) is 43.2 Å². The van der Waals surface area contributed by atoms with Crippen LogP contribution in [-0.2, 0) is 19.1 Å². The maximum atomic E-state index is 14.9. The number of rotatable bonds is 14. The molecule has 0 aliphatic carbocycles. The van der Waals surface area contributed by atoms with Crippen LogP contribution >= 0.6 is 0 Å². The summed E-state index contributed by atoms with van der Waals surface area (Å²) < 4.78 is 6.74. The summed E-state index contributed by atoms with van der Waals surface area (Å²) in [5.41, 5.74) is 1.25. The van der Waals surface area contributed by atoms with E-state index in [-0.39, 0.29) is 43.3 Å². The second-order valence-electron chi connectivity index (χ2n) is 12.8. The third kappa shape index (κ3) is 5.53. The molecule has 3 aliphatic heterocycles. The lowest BCUT2D eigenvalue weighted by atomic mass is 9.70. The van der Waals surface area contributed by atoms with Crippen molar-refractivity contribution in [2.24, 2.45) is 17.8 Å². The molecule has 5 rings (SSSR count). The number of carbonyl (C=O) groups is 3. The van der Waals surface area contributed by atoms with Crippen LogP contribution in [0.2, 0.25) is 0 Å². The Labute approximate surface area is 273 Å². The molecule has 0 radical (unpaired) electrons. The van der Waals surface area contributed by atoms with E-state index in [1.807, 2.05) is 68.4 Å². The maximum absolute atomic E-state index is 14.9. The van der Waals surface area contributed by atoms with E-state index in [4.69, 9.17) is 4.74 Å². The molecule has 3 aliphatic rings. The zero-order chi connectivity index (χ0) is 33.2. The van der Waals surface area contributed by atoms with Crippen molar-refractivity contribution < 1.29 is 24.2 Å². The Morgan fingerprint density at radius 2 is 1.52 bits per heavy atom. The van der Waals surface area contributed by atoms with Gasteiger partial charge < -0.3 is 29.4 Å². The molecule has 0 saturated carbocycles. The van der Waals surface area contributed by atoms with Gasteiger partial charge in [-0.15, -0.1) is 13.2 Å². The van der Waals surface area contributed by atoms with Crippen LogP contribution in [0.15, 0.2) is 79.9 Å². The number of para-hydroxylation sites is 1. The SMILES string of the molecule is C=CCN(C(=O)C1N([C@@H](CO)C(C)C)C(=O)[C@@H]2[C@@H](C(=O)N(CC=C)c3ccccc3)[C@H]3CCC12O3)c1ccc(N(CC)CC)cc1. The largest absolute Gasteiger partial charge is 0.394 e. The number of aliphatic hydroxyl groups excluding tert-OH is 1. The van der Waals surface area contributed by atoms with E-state index in [0.717, 1.165) is 18.8 Å². The number of aliphatic hydroxyl groups is 1. The number of benzene rings is 2. The number of anilines is 3. The molecular formula is C37H48N4O5. The molecule has 3 amide bonds. The summed E-state index contributed by atoms with van der Waals surface area (Å²) in [5.74, 6) is -2.60. The van der Waals surface area contributed by atoms with E-state index >= 15 is 0 Å². The molecule has 2 aromatic carbocycles. The van der Waals surface area contributed by atoms with Crippen LogP contribution in [0.5, 0.6) is 0 Å². The Balaban J connectivity index is 1.58. The van der Waals surface area contributed by atoms with Crippen LogP contribution in [0.3, 0.4) is 0 Å². The normalized spacial score (nSPS) is 25.3. The fourth-order valence-electron chi connectivity index (χ4n) is 7.90. The second-order valence-corrected chi connectivity index (χ2v) is 12.8. The Morgan fingerprint density at radius 1 is 0.957 bits per heavy atom. The number of hydrogen-bond donors (Lipinski definition) is 1. The summed E-state index contributed by atoms with van der Waals surface area (Å²) in [7, 11) is 0. The van der Waals surface area contributed by atoms with Crippen molar-refractivity contribution in [3.05, 3.63) is 79.9 Å². The van der Waals surface area contributed by atoms with Gasteiger partial charge in [-0.3, -0.25) is 14.4 Å². The summed E-state index contributed by atoms with van der Waals surface area (Å²) in [6, 6.07) is 15.5. The van der Waals surface area contributed by atoms with Gasteiger partial charge in [-0.1, -0.05) is 44.2 Å². The van der Waals surface area contributed by atoms with Gasteiger partial charge in [0.05, 0.1) is 30.6 Å². The zero-order valence-electron chi connectivity index (χ0n) is 27.5. The van der Waals surface area contributed by atoms with Gasteiger partial charge in [0.1, 0.15) is 11.6 Å². The molecule has 2 aromatic rings. The number of ether oxygens (including phenoxy) is 1. The molecule has 0 aromatic heterocycles. The Bertz CT molecular complexity index is 1420. The highest BCUT2D eigenvalue weighted by molar-refractivity contribution is 6.06. The van der Waals surface area contributed by atoms with Gasteiger partial charge >= 0.3 is 0 Å². The Morgan fingerprint density at radius 3 is 2.07 bits per heavy atom. The summed E-state index contributed by atoms with van der Waals surface area (Å²) in [5, 5.41) is 10.6. The molecule has 3 saturated heterocycles. The molecule has 2 bridgehead atoms. The van der Waals surface area contributed by atoms with Crippen LogP contribution < -0.4 is 14.7 Å². The molecule has 2 unspecified atom stereocenters. The minimum Gasteiger partial charge on any atom is -0.394 e.